The number of carbonyl (C=O) groups excluding carboxylic acids is 2. The first-order valence-electron chi connectivity index (χ1n) is 15.8. The number of para-hydroxylation sites is 2. The van der Waals surface area contributed by atoms with Gasteiger partial charge in [0.1, 0.15) is 32.3 Å². The van der Waals surface area contributed by atoms with Crippen molar-refractivity contribution in [3.05, 3.63) is 131 Å². The van der Waals surface area contributed by atoms with E-state index < -0.39 is 0 Å². The molecule has 0 saturated carbocycles. The molecular formula is C38H47N5O6. The summed E-state index contributed by atoms with van der Waals surface area (Å²) in [5.41, 5.74) is 3.26. The number of benzene rings is 4. The van der Waals surface area contributed by atoms with Crippen LogP contribution in [0.5, 0.6) is 11.5 Å². The molecule has 0 heterocycles. The minimum Gasteiger partial charge on any atom is -0.457 e. The molecule has 2 N–H and O–H groups in total. The first-order chi connectivity index (χ1) is 24.0. The first-order valence-corrected chi connectivity index (χ1v) is 15.8. The van der Waals surface area contributed by atoms with Gasteiger partial charge in [-0.25, -0.2) is 0 Å². The minimum absolute atomic E-state index is 0.159. The van der Waals surface area contributed by atoms with E-state index in [4.69, 9.17) is 19.2 Å². The highest BCUT2D eigenvalue weighted by molar-refractivity contribution is 6.46. The maximum Gasteiger partial charge on any atom is 0.273 e. The molecule has 4 rings (SSSR count). The Labute approximate surface area is 289 Å². The summed E-state index contributed by atoms with van der Waals surface area (Å²) >= 11 is 0. The van der Waals surface area contributed by atoms with Crippen LogP contribution in [0.15, 0.2) is 125 Å². The standard InChI is InChI=1S/C18H19N3O3.C16H16N2O3.2C2H6/c1-19-18(22)17(21-23-2)16-11-7-6-10-15(16)13-24-20-12-14-8-4-3-5-9-14;1-17-16(19)15(18-20-2)13-10-6-7-11-14(13)21-12-8-4-3-5-9-12;2*1-2/h3-12H,13H2,1-2H3,(H,19,22);3-11H,1-2H3,(H,17,19);2*1-2H3/b20-12?,21-17-;18-15-;;. The number of ether oxygens (including phenoxy) is 1. The molecule has 2 amide bonds. The normalized spacial score (nSPS) is 10.4. The smallest absolute Gasteiger partial charge is 0.273 e. The summed E-state index contributed by atoms with van der Waals surface area (Å²) in [6.45, 7) is 8.21. The van der Waals surface area contributed by atoms with Crippen molar-refractivity contribution in [2.24, 2.45) is 15.5 Å². The molecule has 0 unspecified atom stereocenters. The van der Waals surface area contributed by atoms with Crippen molar-refractivity contribution >= 4 is 29.5 Å². The third kappa shape index (κ3) is 14.1. The Hall–Kier alpha value is -5.97. The molecule has 0 aliphatic rings. The summed E-state index contributed by atoms with van der Waals surface area (Å²) in [6, 6.07) is 33.4. The molecule has 4 aromatic carbocycles. The van der Waals surface area contributed by atoms with Crippen molar-refractivity contribution in [1.82, 2.24) is 10.6 Å². The summed E-state index contributed by atoms with van der Waals surface area (Å²) in [5, 5.41) is 16.6. The average molecular weight is 670 g/mol. The van der Waals surface area contributed by atoms with E-state index in [1.807, 2.05) is 113 Å². The van der Waals surface area contributed by atoms with Crippen LogP contribution in [0.3, 0.4) is 0 Å². The first kappa shape index (κ1) is 41.1. The van der Waals surface area contributed by atoms with Gasteiger partial charge in [-0.15, -0.1) is 0 Å². The molecule has 4 aromatic rings. The lowest BCUT2D eigenvalue weighted by atomic mass is 10.0. The molecule has 0 bridgehead atoms. The van der Waals surface area contributed by atoms with Crippen LogP contribution >= 0.6 is 0 Å². The summed E-state index contributed by atoms with van der Waals surface area (Å²) in [7, 11) is 5.86. The van der Waals surface area contributed by atoms with Crippen molar-refractivity contribution in [1.29, 1.82) is 0 Å². The predicted octanol–water partition coefficient (Wildman–Crippen LogP) is 6.96. The van der Waals surface area contributed by atoms with Crippen molar-refractivity contribution < 1.29 is 28.8 Å². The summed E-state index contributed by atoms with van der Waals surface area (Å²) in [5.74, 6) is 0.528. The molecule has 260 valence electrons. The fourth-order valence-electron chi connectivity index (χ4n) is 3.83. The average Bonchev–Trinajstić information content (AvgIpc) is 3.17. The lowest BCUT2D eigenvalue weighted by Gasteiger charge is -2.11. The van der Waals surface area contributed by atoms with Gasteiger partial charge in [-0.2, -0.15) is 0 Å². The topological polar surface area (TPSA) is 132 Å². The summed E-state index contributed by atoms with van der Waals surface area (Å²) < 4.78 is 5.82. The zero-order valence-electron chi connectivity index (χ0n) is 29.5. The van der Waals surface area contributed by atoms with E-state index in [0.29, 0.717) is 22.6 Å². The number of hydrogen-bond donors (Lipinski definition) is 2. The molecule has 0 aliphatic carbocycles. The number of oxime groups is 3. The van der Waals surface area contributed by atoms with E-state index in [-0.39, 0.29) is 29.8 Å². The summed E-state index contributed by atoms with van der Waals surface area (Å²) in [4.78, 5) is 38.8. The number of carbonyl (C=O) groups is 2. The van der Waals surface area contributed by atoms with Crippen LogP contribution in [-0.4, -0.2) is 57.8 Å². The van der Waals surface area contributed by atoms with Gasteiger partial charge >= 0.3 is 0 Å². The fraction of sp³-hybridized carbons (Fsp3) is 0.237. The van der Waals surface area contributed by atoms with Gasteiger partial charge in [0.15, 0.2) is 11.4 Å². The van der Waals surface area contributed by atoms with Gasteiger partial charge in [-0.3, -0.25) is 9.59 Å². The third-order valence-corrected chi connectivity index (χ3v) is 5.93. The lowest BCUT2D eigenvalue weighted by molar-refractivity contribution is -0.115. The zero-order valence-corrected chi connectivity index (χ0v) is 29.5. The van der Waals surface area contributed by atoms with Gasteiger partial charge in [0.2, 0.25) is 0 Å². The Morgan fingerprint density at radius 3 is 1.65 bits per heavy atom. The van der Waals surface area contributed by atoms with Gasteiger partial charge in [-0.05, 0) is 29.8 Å². The number of nitrogens with one attached hydrogen (secondary N) is 2. The molecule has 0 fully saturated rings. The number of amides is 2. The minimum atomic E-state index is -0.346. The second-order valence-corrected chi connectivity index (χ2v) is 8.89. The number of likely N-dealkylation sites (N-methyl/N-ethyl adjacent to an activating group) is 2. The molecule has 49 heavy (non-hydrogen) atoms. The van der Waals surface area contributed by atoms with Crippen molar-refractivity contribution in [3.8, 4) is 11.5 Å². The number of nitrogens with zero attached hydrogens (tertiary/aromatic N) is 3. The second-order valence-electron chi connectivity index (χ2n) is 8.89. The van der Waals surface area contributed by atoms with Crippen LogP contribution in [-0.2, 0) is 30.7 Å². The predicted molar refractivity (Wildman–Crippen MR) is 196 cm³/mol. The molecule has 0 radical (unpaired) electrons. The molecule has 11 nitrogen and oxygen atoms in total. The van der Waals surface area contributed by atoms with Gasteiger partial charge in [0.25, 0.3) is 11.8 Å². The quantitative estimate of drug-likeness (QED) is 0.124. The molecule has 0 aliphatic heterocycles. The van der Waals surface area contributed by atoms with Crippen LogP contribution in [0.2, 0.25) is 0 Å². The Kier molecular flexibility index (Phi) is 21.1. The van der Waals surface area contributed by atoms with E-state index in [1.54, 1.807) is 30.5 Å². The van der Waals surface area contributed by atoms with E-state index in [9.17, 15) is 9.59 Å². The van der Waals surface area contributed by atoms with Gasteiger partial charge in [0.05, 0.1) is 11.8 Å². The maximum atomic E-state index is 12.0. The largest absolute Gasteiger partial charge is 0.457 e. The third-order valence-electron chi connectivity index (χ3n) is 5.93. The second kappa shape index (κ2) is 25.2. The highest BCUT2D eigenvalue weighted by atomic mass is 16.6. The Bertz CT molecular complexity index is 1610. The van der Waals surface area contributed by atoms with E-state index >= 15 is 0 Å². The van der Waals surface area contributed by atoms with Gasteiger partial charge in [0, 0.05) is 25.2 Å². The van der Waals surface area contributed by atoms with E-state index in [1.165, 1.54) is 28.3 Å². The highest BCUT2D eigenvalue weighted by Crippen LogP contribution is 2.25. The Balaban J connectivity index is 0.000000448. The van der Waals surface area contributed by atoms with Crippen molar-refractivity contribution in [2.75, 3.05) is 28.3 Å². The maximum absolute atomic E-state index is 12.0. The van der Waals surface area contributed by atoms with Crippen LogP contribution in [0.4, 0.5) is 0 Å². The fourth-order valence-corrected chi connectivity index (χ4v) is 3.83. The van der Waals surface area contributed by atoms with Crippen LogP contribution in [0.25, 0.3) is 0 Å². The van der Waals surface area contributed by atoms with Crippen molar-refractivity contribution in [2.45, 2.75) is 34.3 Å². The Morgan fingerprint density at radius 2 is 1.10 bits per heavy atom. The molecule has 0 spiro atoms. The Morgan fingerprint density at radius 1 is 0.633 bits per heavy atom. The molecule has 0 aromatic heterocycles. The van der Waals surface area contributed by atoms with Crippen LogP contribution in [0, 0.1) is 0 Å². The molecular weight excluding hydrogens is 622 g/mol. The highest BCUT2D eigenvalue weighted by Gasteiger charge is 2.19. The molecule has 0 saturated heterocycles. The van der Waals surface area contributed by atoms with Crippen LogP contribution < -0.4 is 15.4 Å². The molecule has 11 heteroatoms. The monoisotopic (exact) mass is 669 g/mol. The van der Waals surface area contributed by atoms with E-state index in [0.717, 1.165) is 11.1 Å². The lowest BCUT2D eigenvalue weighted by Crippen LogP contribution is -2.29. The van der Waals surface area contributed by atoms with Gasteiger partial charge in [-0.1, -0.05) is 128 Å². The van der Waals surface area contributed by atoms with Crippen molar-refractivity contribution in [3.63, 3.8) is 0 Å². The summed E-state index contributed by atoms with van der Waals surface area (Å²) in [6.07, 6.45) is 1.63. The molecule has 0 atom stereocenters. The number of rotatable bonds is 12. The number of hydrogen-bond acceptors (Lipinski definition) is 9. The van der Waals surface area contributed by atoms with Gasteiger partial charge < -0.3 is 29.9 Å². The SMILES string of the molecule is CC.CC.CNC(=O)/C(=N\OC)c1ccccc1CON=Cc1ccccc1.CNC(=O)/C(=N\OC)c1ccccc1Oc1ccccc1. The van der Waals surface area contributed by atoms with E-state index in [2.05, 4.69) is 26.1 Å². The van der Waals surface area contributed by atoms with Crippen LogP contribution in [0.1, 0.15) is 49.9 Å². The zero-order chi connectivity index (χ0) is 36.3.